The Bertz CT molecular complexity index is 986. The summed E-state index contributed by atoms with van der Waals surface area (Å²) in [5.74, 6) is 2.81. The van der Waals surface area contributed by atoms with Crippen molar-refractivity contribution in [3.8, 4) is 11.5 Å². The molecule has 1 aliphatic heterocycles. The molecule has 4 rings (SSSR count). The van der Waals surface area contributed by atoms with E-state index in [1.807, 2.05) is 89.3 Å². The van der Waals surface area contributed by atoms with Crippen LogP contribution in [0.25, 0.3) is 0 Å². The maximum atomic E-state index is 8.85. The van der Waals surface area contributed by atoms with Gasteiger partial charge in [-0.1, -0.05) is 45.9 Å². The first kappa shape index (κ1) is 26.8. The molecule has 7 heteroatoms. The summed E-state index contributed by atoms with van der Waals surface area (Å²) < 4.78 is 5.86. The maximum Gasteiger partial charge on any atom is 0.141 e. The number of para-hydroxylation sites is 1. The van der Waals surface area contributed by atoms with Crippen LogP contribution in [0.1, 0.15) is 51.7 Å². The molecule has 0 radical (unpaired) electrons. The molecule has 1 aliphatic rings. The van der Waals surface area contributed by atoms with Crippen LogP contribution in [0, 0.1) is 5.41 Å². The van der Waals surface area contributed by atoms with Gasteiger partial charge in [-0.3, -0.25) is 5.41 Å². The van der Waals surface area contributed by atoms with Crippen LogP contribution in [-0.2, 0) is 0 Å². The molecule has 4 N–H and O–H groups in total. The lowest BCUT2D eigenvalue weighted by Gasteiger charge is -2.25. The van der Waals surface area contributed by atoms with Crippen molar-refractivity contribution in [1.29, 1.82) is 5.41 Å². The normalized spacial score (nSPS) is 14.4. The number of ether oxygens (including phenoxy) is 1. The number of piperidine rings is 1. The predicted molar refractivity (Wildman–Crippen MR) is 143 cm³/mol. The Kier molecular flexibility index (Phi) is 11.5. The van der Waals surface area contributed by atoms with Crippen LogP contribution in [0.3, 0.4) is 0 Å². The van der Waals surface area contributed by atoms with Crippen molar-refractivity contribution in [3.05, 3.63) is 72.1 Å². The molecule has 2 heterocycles. The molecule has 1 atom stereocenters. The summed E-state index contributed by atoms with van der Waals surface area (Å²) in [6.45, 7) is 9.93. The summed E-state index contributed by atoms with van der Waals surface area (Å²) in [4.78, 5) is 8.77. The van der Waals surface area contributed by atoms with Gasteiger partial charge in [0.1, 0.15) is 29.5 Å². The molecule has 3 aromatic rings. The highest BCUT2D eigenvalue weighted by Crippen LogP contribution is 2.27. The SMILES string of the molecule is CC.CC.CNc1ncnc(NC2CCCNC2)c1C(=N)c1ccc(Oc2ccccc2)cc1. The lowest BCUT2D eigenvalue weighted by Crippen LogP contribution is -2.39. The molecule has 7 nitrogen and oxygen atoms in total. The van der Waals surface area contributed by atoms with E-state index < -0.39 is 0 Å². The number of aromatic nitrogens is 2. The van der Waals surface area contributed by atoms with E-state index in [4.69, 9.17) is 10.1 Å². The molecule has 182 valence electrons. The number of anilines is 2. The lowest BCUT2D eigenvalue weighted by atomic mass is 10.0. The van der Waals surface area contributed by atoms with Crippen LogP contribution in [0.2, 0.25) is 0 Å². The van der Waals surface area contributed by atoms with E-state index in [1.165, 1.54) is 6.33 Å². The average molecular weight is 463 g/mol. The minimum Gasteiger partial charge on any atom is -0.457 e. The van der Waals surface area contributed by atoms with Crippen molar-refractivity contribution in [2.75, 3.05) is 30.8 Å². The van der Waals surface area contributed by atoms with Gasteiger partial charge in [0.05, 0.1) is 11.3 Å². The van der Waals surface area contributed by atoms with Crippen molar-refractivity contribution in [2.24, 2.45) is 0 Å². The zero-order valence-corrected chi connectivity index (χ0v) is 21.0. The quantitative estimate of drug-likeness (QED) is 0.325. The van der Waals surface area contributed by atoms with Crippen molar-refractivity contribution < 1.29 is 4.74 Å². The van der Waals surface area contributed by atoms with E-state index in [-0.39, 0.29) is 6.04 Å². The van der Waals surface area contributed by atoms with Gasteiger partial charge in [0.25, 0.3) is 0 Å². The molecule has 1 fully saturated rings. The number of hydrogen-bond donors (Lipinski definition) is 4. The van der Waals surface area contributed by atoms with Gasteiger partial charge in [-0.2, -0.15) is 0 Å². The Morgan fingerprint density at radius 2 is 1.59 bits per heavy atom. The van der Waals surface area contributed by atoms with E-state index in [1.54, 1.807) is 0 Å². The summed E-state index contributed by atoms with van der Waals surface area (Å²) in [7, 11) is 1.81. The molecule has 0 spiro atoms. The second-order valence-corrected chi connectivity index (χ2v) is 7.20. The van der Waals surface area contributed by atoms with Crippen LogP contribution in [0.15, 0.2) is 60.9 Å². The predicted octanol–water partition coefficient (Wildman–Crippen LogP) is 5.94. The average Bonchev–Trinajstić information content (AvgIpc) is 2.92. The van der Waals surface area contributed by atoms with E-state index in [2.05, 4.69) is 25.9 Å². The Labute approximate surface area is 203 Å². The van der Waals surface area contributed by atoms with Crippen LogP contribution in [0.5, 0.6) is 11.5 Å². The Morgan fingerprint density at radius 1 is 0.941 bits per heavy atom. The standard InChI is InChI=1S/C23H26N6O.2C2H6/c1-25-22-20(23(28-15-27-22)29-17-6-5-13-26-14-17)21(24)16-9-11-19(12-10-16)30-18-7-3-2-4-8-18;2*1-2/h2-4,7-12,15,17,24,26H,5-6,13-14H2,1H3,(H2,25,27,28,29);2*1-2H3. The molecule has 0 amide bonds. The molecule has 1 aromatic heterocycles. The van der Waals surface area contributed by atoms with E-state index in [9.17, 15) is 0 Å². The summed E-state index contributed by atoms with van der Waals surface area (Å²) in [6.07, 6.45) is 3.72. The number of nitrogens with zero attached hydrogens (tertiary/aromatic N) is 2. The van der Waals surface area contributed by atoms with Gasteiger partial charge in [0.15, 0.2) is 0 Å². The number of nitrogens with one attached hydrogen (secondary N) is 4. The monoisotopic (exact) mass is 462 g/mol. The van der Waals surface area contributed by atoms with Crippen LogP contribution >= 0.6 is 0 Å². The van der Waals surface area contributed by atoms with Crippen molar-refractivity contribution in [2.45, 2.75) is 46.6 Å². The first-order valence-electron chi connectivity index (χ1n) is 12.2. The first-order chi connectivity index (χ1) is 16.7. The maximum absolute atomic E-state index is 8.85. The molecule has 34 heavy (non-hydrogen) atoms. The zero-order chi connectivity index (χ0) is 24.8. The molecule has 1 saturated heterocycles. The third kappa shape index (κ3) is 7.28. The Morgan fingerprint density at radius 3 is 2.21 bits per heavy atom. The largest absolute Gasteiger partial charge is 0.457 e. The van der Waals surface area contributed by atoms with Gasteiger partial charge in [0, 0.05) is 25.2 Å². The molecule has 0 aliphatic carbocycles. The molecule has 0 saturated carbocycles. The van der Waals surface area contributed by atoms with Crippen LogP contribution < -0.4 is 20.7 Å². The minimum atomic E-state index is 0.284. The van der Waals surface area contributed by atoms with Gasteiger partial charge < -0.3 is 20.7 Å². The van der Waals surface area contributed by atoms with Crippen molar-refractivity contribution in [1.82, 2.24) is 15.3 Å². The Balaban J connectivity index is 0.000000970. The summed E-state index contributed by atoms with van der Waals surface area (Å²) in [5.41, 5.74) is 1.80. The smallest absolute Gasteiger partial charge is 0.141 e. The highest BCUT2D eigenvalue weighted by molar-refractivity contribution is 6.16. The summed E-state index contributed by atoms with van der Waals surface area (Å²) >= 11 is 0. The van der Waals surface area contributed by atoms with E-state index in [0.717, 1.165) is 43.0 Å². The van der Waals surface area contributed by atoms with E-state index in [0.29, 0.717) is 22.9 Å². The molecular formula is C27H38N6O. The number of benzene rings is 2. The molecule has 2 aromatic carbocycles. The summed E-state index contributed by atoms with van der Waals surface area (Å²) in [5, 5.41) is 18.8. The lowest BCUT2D eigenvalue weighted by molar-refractivity contribution is 0.479. The second-order valence-electron chi connectivity index (χ2n) is 7.20. The fourth-order valence-corrected chi connectivity index (χ4v) is 3.55. The van der Waals surface area contributed by atoms with E-state index >= 15 is 0 Å². The van der Waals surface area contributed by atoms with Crippen LogP contribution in [-0.4, -0.2) is 41.9 Å². The first-order valence-corrected chi connectivity index (χ1v) is 12.2. The highest BCUT2D eigenvalue weighted by Gasteiger charge is 2.21. The van der Waals surface area contributed by atoms with Gasteiger partial charge in [-0.15, -0.1) is 0 Å². The topological polar surface area (TPSA) is 95.0 Å². The van der Waals surface area contributed by atoms with Crippen molar-refractivity contribution >= 4 is 17.3 Å². The van der Waals surface area contributed by atoms with Gasteiger partial charge in [-0.25, -0.2) is 9.97 Å². The summed E-state index contributed by atoms with van der Waals surface area (Å²) in [6, 6.07) is 17.4. The van der Waals surface area contributed by atoms with Gasteiger partial charge >= 0.3 is 0 Å². The van der Waals surface area contributed by atoms with Crippen molar-refractivity contribution in [3.63, 3.8) is 0 Å². The third-order valence-electron chi connectivity index (χ3n) is 5.09. The van der Waals surface area contributed by atoms with Gasteiger partial charge in [-0.05, 0) is 55.8 Å². The molecule has 1 unspecified atom stereocenters. The third-order valence-corrected chi connectivity index (χ3v) is 5.09. The fraction of sp³-hybridized carbons (Fsp3) is 0.370. The Hall–Kier alpha value is -3.45. The fourth-order valence-electron chi connectivity index (χ4n) is 3.55. The second kappa shape index (κ2) is 14.6. The molecular weight excluding hydrogens is 424 g/mol. The highest BCUT2D eigenvalue weighted by atomic mass is 16.5. The van der Waals surface area contributed by atoms with Crippen LogP contribution in [0.4, 0.5) is 11.6 Å². The minimum absolute atomic E-state index is 0.284. The zero-order valence-electron chi connectivity index (χ0n) is 21.0. The molecule has 0 bridgehead atoms. The van der Waals surface area contributed by atoms with Gasteiger partial charge in [0.2, 0.25) is 0 Å². The number of rotatable bonds is 7. The number of hydrogen-bond acceptors (Lipinski definition) is 7.